The molecule has 0 unspecified atom stereocenters. The third-order valence-electron chi connectivity index (χ3n) is 3.15. The van der Waals surface area contributed by atoms with Gasteiger partial charge in [-0.1, -0.05) is 19.3 Å². The Labute approximate surface area is 115 Å². The SMILES string of the molecule is Cl.NCC(=O)NCCNC(=O)CC1CCCCC1. The molecule has 1 fully saturated rings. The lowest BCUT2D eigenvalue weighted by Crippen LogP contribution is -2.37. The maximum Gasteiger partial charge on any atom is 0.233 e. The molecule has 0 saturated heterocycles. The van der Waals surface area contributed by atoms with Crippen molar-refractivity contribution < 1.29 is 9.59 Å². The first kappa shape index (κ1) is 17.2. The van der Waals surface area contributed by atoms with Gasteiger partial charge in [0.1, 0.15) is 0 Å². The van der Waals surface area contributed by atoms with Crippen LogP contribution in [-0.4, -0.2) is 31.4 Å². The topological polar surface area (TPSA) is 84.2 Å². The summed E-state index contributed by atoms with van der Waals surface area (Å²) >= 11 is 0. The minimum atomic E-state index is -0.188. The molecular formula is C12H24ClN3O2. The normalized spacial score (nSPS) is 15.6. The Balaban J connectivity index is 0.00000289. The van der Waals surface area contributed by atoms with Gasteiger partial charge >= 0.3 is 0 Å². The molecule has 0 aliphatic heterocycles. The van der Waals surface area contributed by atoms with E-state index >= 15 is 0 Å². The van der Waals surface area contributed by atoms with E-state index in [9.17, 15) is 9.59 Å². The van der Waals surface area contributed by atoms with Crippen LogP contribution in [0.5, 0.6) is 0 Å². The van der Waals surface area contributed by atoms with Gasteiger partial charge in [0.15, 0.2) is 0 Å². The van der Waals surface area contributed by atoms with E-state index < -0.39 is 0 Å². The van der Waals surface area contributed by atoms with Crippen LogP contribution < -0.4 is 16.4 Å². The molecule has 18 heavy (non-hydrogen) atoms. The Hall–Kier alpha value is -0.810. The molecule has 1 aliphatic carbocycles. The number of nitrogens with one attached hydrogen (secondary N) is 2. The second kappa shape index (κ2) is 10.1. The van der Waals surface area contributed by atoms with Crippen molar-refractivity contribution in [2.75, 3.05) is 19.6 Å². The molecule has 0 aromatic carbocycles. The second-order valence-electron chi connectivity index (χ2n) is 4.61. The van der Waals surface area contributed by atoms with Crippen LogP contribution in [0.1, 0.15) is 38.5 Å². The predicted octanol–water partition coefficient (Wildman–Crippen LogP) is 0.570. The molecule has 6 heteroatoms. The van der Waals surface area contributed by atoms with E-state index in [-0.39, 0.29) is 30.8 Å². The van der Waals surface area contributed by atoms with Crippen LogP contribution in [-0.2, 0) is 9.59 Å². The van der Waals surface area contributed by atoms with Gasteiger partial charge in [-0.25, -0.2) is 0 Å². The van der Waals surface area contributed by atoms with Gasteiger partial charge in [0.25, 0.3) is 0 Å². The zero-order valence-electron chi connectivity index (χ0n) is 10.7. The zero-order valence-corrected chi connectivity index (χ0v) is 11.6. The first-order chi connectivity index (χ1) is 8.22. The van der Waals surface area contributed by atoms with Gasteiger partial charge in [0.2, 0.25) is 11.8 Å². The summed E-state index contributed by atoms with van der Waals surface area (Å²) in [5, 5.41) is 5.43. The maximum absolute atomic E-state index is 11.6. The first-order valence-corrected chi connectivity index (χ1v) is 6.46. The Bertz CT molecular complexity index is 256. The highest BCUT2D eigenvalue weighted by Gasteiger charge is 2.16. The van der Waals surface area contributed by atoms with E-state index in [1.807, 2.05) is 0 Å². The van der Waals surface area contributed by atoms with E-state index in [0.717, 1.165) is 0 Å². The summed E-state index contributed by atoms with van der Waals surface area (Å²) in [6, 6.07) is 0. The van der Waals surface area contributed by atoms with Crippen molar-refractivity contribution in [1.82, 2.24) is 10.6 Å². The van der Waals surface area contributed by atoms with Crippen LogP contribution >= 0.6 is 12.4 Å². The van der Waals surface area contributed by atoms with E-state index in [1.165, 1.54) is 32.1 Å². The molecule has 0 aromatic rings. The van der Waals surface area contributed by atoms with Crippen LogP contribution in [0.2, 0.25) is 0 Å². The van der Waals surface area contributed by atoms with Crippen LogP contribution in [0, 0.1) is 5.92 Å². The van der Waals surface area contributed by atoms with Crippen molar-refractivity contribution in [2.24, 2.45) is 11.7 Å². The number of carbonyl (C=O) groups is 2. The van der Waals surface area contributed by atoms with Crippen molar-refractivity contribution in [3.63, 3.8) is 0 Å². The van der Waals surface area contributed by atoms with Crippen LogP contribution in [0.25, 0.3) is 0 Å². The van der Waals surface area contributed by atoms with Crippen molar-refractivity contribution in [1.29, 1.82) is 0 Å². The van der Waals surface area contributed by atoms with Crippen molar-refractivity contribution >= 4 is 24.2 Å². The van der Waals surface area contributed by atoms with Crippen molar-refractivity contribution in [3.05, 3.63) is 0 Å². The van der Waals surface area contributed by atoms with Gasteiger partial charge < -0.3 is 16.4 Å². The molecule has 0 aromatic heterocycles. The highest BCUT2D eigenvalue weighted by molar-refractivity contribution is 5.85. The molecule has 0 bridgehead atoms. The fourth-order valence-electron chi connectivity index (χ4n) is 2.20. The summed E-state index contributed by atoms with van der Waals surface area (Å²) in [6.07, 6.45) is 6.80. The fraction of sp³-hybridized carbons (Fsp3) is 0.833. The van der Waals surface area contributed by atoms with Crippen molar-refractivity contribution in [3.8, 4) is 0 Å². The highest BCUT2D eigenvalue weighted by atomic mass is 35.5. The molecule has 0 heterocycles. The van der Waals surface area contributed by atoms with Crippen LogP contribution in [0.15, 0.2) is 0 Å². The van der Waals surface area contributed by atoms with E-state index in [4.69, 9.17) is 5.73 Å². The minimum absolute atomic E-state index is 0. The largest absolute Gasteiger partial charge is 0.354 e. The number of nitrogens with two attached hydrogens (primary N) is 1. The van der Waals surface area contributed by atoms with E-state index in [1.54, 1.807) is 0 Å². The Morgan fingerprint density at radius 2 is 1.56 bits per heavy atom. The first-order valence-electron chi connectivity index (χ1n) is 6.46. The monoisotopic (exact) mass is 277 g/mol. The van der Waals surface area contributed by atoms with Gasteiger partial charge in [0.05, 0.1) is 6.54 Å². The lowest BCUT2D eigenvalue weighted by atomic mass is 9.87. The summed E-state index contributed by atoms with van der Waals surface area (Å²) in [5.41, 5.74) is 5.14. The van der Waals surface area contributed by atoms with Gasteiger partial charge in [-0.05, 0) is 18.8 Å². The average Bonchev–Trinajstić information content (AvgIpc) is 2.35. The summed E-state index contributed by atoms with van der Waals surface area (Å²) < 4.78 is 0. The minimum Gasteiger partial charge on any atom is -0.354 e. The number of halogens is 1. The van der Waals surface area contributed by atoms with Crippen molar-refractivity contribution in [2.45, 2.75) is 38.5 Å². The standard InChI is InChI=1S/C12H23N3O2.ClH/c13-9-12(17)15-7-6-14-11(16)8-10-4-2-1-3-5-10;/h10H,1-9,13H2,(H,14,16)(H,15,17);1H. The molecule has 0 spiro atoms. The molecule has 4 N–H and O–H groups in total. The van der Waals surface area contributed by atoms with Gasteiger partial charge in [-0.2, -0.15) is 0 Å². The lowest BCUT2D eigenvalue weighted by molar-refractivity contribution is -0.123. The molecule has 1 aliphatic rings. The van der Waals surface area contributed by atoms with Gasteiger partial charge in [-0.15, -0.1) is 12.4 Å². The Morgan fingerprint density at radius 1 is 1.00 bits per heavy atom. The average molecular weight is 278 g/mol. The quantitative estimate of drug-likeness (QED) is 0.621. The molecular weight excluding hydrogens is 254 g/mol. The molecule has 106 valence electrons. The van der Waals surface area contributed by atoms with E-state index in [0.29, 0.717) is 25.4 Å². The third-order valence-corrected chi connectivity index (χ3v) is 3.15. The molecule has 1 rings (SSSR count). The molecule has 1 saturated carbocycles. The maximum atomic E-state index is 11.6. The summed E-state index contributed by atoms with van der Waals surface area (Å²) in [4.78, 5) is 22.4. The summed E-state index contributed by atoms with van der Waals surface area (Å²) in [5.74, 6) is 0.466. The number of amides is 2. The predicted molar refractivity (Wildman–Crippen MR) is 73.5 cm³/mol. The van der Waals surface area contributed by atoms with E-state index in [2.05, 4.69) is 10.6 Å². The van der Waals surface area contributed by atoms with Gasteiger partial charge in [-0.3, -0.25) is 9.59 Å². The number of carbonyl (C=O) groups excluding carboxylic acids is 2. The van der Waals surface area contributed by atoms with Crippen LogP contribution in [0.4, 0.5) is 0 Å². The smallest absolute Gasteiger partial charge is 0.233 e. The Morgan fingerprint density at radius 3 is 2.11 bits per heavy atom. The molecule has 5 nitrogen and oxygen atoms in total. The molecule has 0 atom stereocenters. The molecule has 2 amide bonds. The third kappa shape index (κ3) is 7.50. The number of rotatable bonds is 6. The number of hydrogen-bond donors (Lipinski definition) is 3. The Kier molecular flexibility index (Phi) is 9.69. The highest BCUT2D eigenvalue weighted by Crippen LogP contribution is 2.25. The number of hydrogen-bond acceptors (Lipinski definition) is 3. The van der Waals surface area contributed by atoms with Gasteiger partial charge in [0, 0.05) is 19.5 Å². The lowest BCUT2D eigenvalue weighted by Gasteiger charge is -2.20. The second-order valence-corrected chi connectivity index (χ2v) is 4.61. The fourth-order valence-corrected chi connectivity index (χ4v) is 2.20. The zero-order chi connectivity index (χ0) is 12.5. The summed E-state index contributed by atoms with van der Waals surface area (Å²) in [7, 11) is 0. The van der Waals surface area contributed by atoms with Crippen LogP contribution in [0.3, 0.4) is 0 Å². The summed E-state index contributed by atoms with van der Waals surface area (Å²) in [6.45, 7) is 0.930. The molecule has 0 radical (unpaired) electrons.